The average Bonchev–Trinajstić information content (AvgIpc) is 2.56. The van der Waals surface area contributed by atoms with Gasteiger partial charge < -0.3 is 15.0 Å². The molecule has 0 saturated carbocycles. The molecule has 3 rings (SSSR count). The number of fused-ring (bicyclic) bond motifs is 1. The SMILES string of the molecule is CCOc1ccc2[nH]c(=O)c(CNc3cc(Cl)ccc3C)cc2c1. The number of nitrogens with one attached hydrogen (secondary N) is 2. The van der Waals surface area contributed by atoms with Gasteiger partial charge in [0.1, 0.15) is 5.75 Å². The van der Waals surface area contributed by atoms with Crippen LogP contribution in [0.4, 0.5) is 5.69 Å². The number of aromatic nitrogens is 1. The van der Waals surface area contributed by atoms with Gasteiger partial charge in [0.25, 0.3) is 5.56 Å². The van der Waals surface area contributed by atoms with Crippen LogP contribution >= 0.6 is 11.6 Å². The lowest BCUT2D eigenvalue weighted by atomic mass is 10.1. The van der Waals surface area contributed by atoms with Crippen molar-refractivity contribution in [2.45, 2.75) is 20.4 Å². The lowest BCUT2D eigenvalue weighted by molar-refractivity contribution is 0.340. The van der Waals surface area contributed by atoms with Crippen LogP contribution in [0.15, 0.2) is 47.3 Å². The fourth-order valence-electron chi connectivity index (χ4n) is 2.59. The third kappa shape index (κ3) is 3.54. The quantitative estimate of drug-likeness (QED) is 0.717. The predicted molar refractivity (Wildman–Crippen MR) is 99.3 cm³/mol. The van der Waals surface area contributed by atoms with E-state index in [2.05, 4.69) is 10.3 Å². The molecule has 0 radical (unpaired) electrons. The van der Waals surface area contributed by atoms with Crippen molar-refractivity contribution >= 4 is 28.2 Å². The van der Waals surface area contributed by atoms with Gasteiger partial charge in [0.2, 0.25) is 0 Å². The Bertz CT molecular complexity index is 934. The molecule has 24 heavy (non-hydrogen) atoms. The van der Waals surface area contributed by atoms with Crippen molar-refractivity contribution in [2.75, 3.05) is 11.9 Å². The molecular formula is C19H19ClN2O2. The second-order valence-corrected chi connectivity index (χ2v) is 6.06. The molecule has 0 fully saturated rings. The summed E-state index contributed by atoms with van der Waals surface area (Å²) in [4.78, 5) is 15.2. The molecule has 124 valence electrons. The first-order valence-corrected chi connectivity index (χ1v) is 8.23. The van der Waals surface area contributed by atoms with Crippen molar-refractivity contribution in [1.82, 2.24) is 4.98 Å². The van der Waals surface area contributed by atoms with E-state index in [-0.39, 0.29) is 5.56 Å². The molecule has 0 saturated heterocycles. The van der Waals surface area contributed by atoms with Crippen LogP contribution in [0, 0.1) is 6.92 Å². The zero-order chi connectivity index (χ0) is 17.1. The predicted octanol–water partition coefficient (Wildman–Crippen LogP) is 4.50. The molecule has 0 spiro atoms. The van der Waals surface area contributed by atoms with E-state index in [9.17, 15) is 4.79 Å². The molecule has 1 heterocycles. The van der Waals surface area contributed by atoms with Crippen molar-refractivity contribution in [3.05, 3.63) is 69.0 Å². The van der Waals surface area contributed by atoms with E-state index in [1.165, 1.54) is 0 Å². The Kier molecular flexibility index (Phi) is 4.76. The third-order valence-corrected chi connectivity index (χ3v) is 4.11. The maximum Gasteiger partial charge on any atom is 0.253 e. The van der Waals surface area contributed by atoms with Crippen molar-refractivity contribution in [2.24, 2.45) is 0 Å². The minimum atomic E-state index is -0.0983. The summed E-state index contributed by atoms with van der Waals surface area (Å²) in [5, 5.41) is 4.89. The van der Waals surface area contributed by atoms with E-state index in [0.717, 1.165) is 27.9 Å². The highest BCUT2D eigenvalue weighted by molar-refractivity contribution is 6.30. The smallest absolute Gasteiger partial charge is 0.253 e. The normalized spacial score (nSPS) is 10.8. The van der Waals surface area contributed by atoms with Gasteiger partial charge in [0.05, 0.1) is 6.61 Å². The molecule has 3 aromatic rings. The summed E-state index contributed by atoms with van der Waals surface area (Å²) in [5.41, 5.74) is 3.36. The number of hydrogen-bond acceptors (Lipinski definition) is 3. The van der Waals surface area contributed by atoms with Crippen LogP contribution in [0.25, 0.3) is 10.9 Å². The van der Waals surface area contributed by atoms with Crippen LogP contribution in [-0.2, 0) is 6.54 Å². The Labute approximate surface area is 145 Å². The van der Waals surface area contributed by atoms with Crippen LogP contribution in [0.5, 0.6) is 5.75 Å². The minimum absolute atomic E-state index is 0.0983. The Balaban J connectivity index is 1.89. The van der Waals surface area contributed by atoms with Crippen LogP contribution in [-0.4, -0.2) is 11.6 Å². The highest BCUT2D eigenvalue weighted by Gasteiger charge is 2.06. The van der Waals surface area contributed by atoms with E-state index >= 15 is 0 Å². The first-order valence-electron chi connectivity index (χ1n) is 7.85. The van der Waals surface area contributed by atoms with E-state index < -0.39 is 0 Å². The van der Waals surface area contributed by atoms with Gasteiger partial charge in [-0.15, -0.1) is 0 Å². The zero-order valence-electron chi connectivity index (χ0n) is 13.7. The molecule has 1 aromatic heterocycles. The molecule has 0 atom stereocenters. The maximum atomic E-state index is 12.3. The molecule has 0 aliphatic rings. The molecule has 0 amide bonds. The molecule has 0 unspecified atom stereocenters. The number of rotatable bonds is 5. The number of aromatic amines is 1. The number of anilines is 1. The average molecular weight is 343 g/mol. The van der Waals surface area contributed by atoms with Gasteiger partial charge in [0.15, 0.2) is 0 Å². The Morgan fingerprint density at radius 1 is 1.17 bits per heavy atom. The van der Waals surface area contributed by atoms with Gasteiger partial charge in [0, 0.05) is 33.7 Å². The Hall–Kier alpha value is -2.46. The summed E-state index contributed by atoms with van der Waals surface area (Å²) in [5.74, 6) is 0.793. The summed E-state index contributed by atoms with van der Waals surface area (Å²) >= 11 is 6.03. The molecule has 5 heteroatoms. The summed E-state index contributed by atoms with van der Waals surface area (Å²) in [6, 6.07) is 13.2. The van der Waals surface area contributed by atoms with Gasteiger partial charge in [-0.3, -0.25) is 4.79 Å². The van der Waals surface area contributed by atoms with E-state index in [4.69, 9.17) is 16.3 Å². The summed E-state index contributed by atoms with van der Waals surface area (Å²) in [6.07, 6.45) is 0. The van der Waals surface area contributed by atoms with Gasteiger partial charge >= 0.3 is 0 Å². The number of halogens is 1. The summed E-state index contributed by atoms with van der Waals surface area (Å²) < 4.78 is 5.52. The molecule has 2 N–H and O–H groups in total. The highest BCUT2D eigenvalue weighted by Crippen LogP contribution is 2.22. The van der Waals surface area contributed by atoms with Crippen LogP contribution in [0.1, 0.15) is 18.1 Å². The number of ether oxygens (including phenoxy) is 1. The second-order valence-electron chi connectivity index (χ2n) is 5.62. The first-order chi connectivity index (χ1) is 11.6. The largest absolute Gasteiger partial charge is 0.494 e. The van der Waals surface area contributed by atoms with Crippen molar-refractivity contribution in [3.63, 3.8) is 0 Å². The standard InChI is InChI=1S/C19H19ClN2O2/c1-3-24-16-6-7-17-13(9-16)8-14(19(23)22-17)11-21-18-10-15(20)5-4-12(18)2/h4-10,21H,3,11H2,1-2H3,(H,22,23). The van der Waals surface area contributed by atoms with Crippen molar-refractivity contribution < 1.29 is 4.74 Å². The van der Waals surface area contributed by atoms with Gasteiger partial charge in [-0.1, -0.05) is 17.7 Å². The van der Waals surface area contributed by atoms with E-state index in [0.29, 0.717) is 23.7 Å². The molecule has 0 aliphatic heterocycles. The summed E-state index contributed by atoms with van der Waals surface area (Å²) in [6.45, 7) is 4.97. The lowest BCUT2D eigenvalue weighted by Gasteiger charge is -2.11. The molecular weight excluding hydrogens is 324 g/mol. The Morgan fingerprint density at radius 3 is 2.79 bits per heavy atom. The van der Waals surface area contributed by atoms with Gasteiger partial charge in [-0.2, -0.15) is 0 Å². The molecule has 4 nitrogen and oxygen atoms in total. The number of benzene rings is 2. The van der Waals surface area contributed by atoms with Crippen LogP contribution in [0.2, 0.25) is 5.02 Å². The van der Waals surface area contributed by atoms with Crippen molar-refractivity contribution in [1.29, 1.82) is 0 Å². The topological polar surface area (TPSA) is 54.1 Å². The number of aryl methyl sites for hydroxylation is 1. The van der Waals surface area contributed by atoms with Crippen LogP contribution in [0.3, 0.4) is 0 Å². The zero-order valence-corrected chi connectivity index (χ0v) is 14.4. The highest BCUT2D eigenvalue weighted by atomic mass is 35.5. The number of H-pyrrole nitrogens is 1. The molecule has 0 aliphatic carbocycles. The Morgan fingerprint density at radius 2 is 2.00 bits per heavy atom. The number of hydrogen-bond donors (Lipinski definition) is 2. The van der Waals surface area contributed by atoms with E-state index in [1.54, 1.807) is 0 Å². The van der Waals surface area contributed by atoms with Crippen molar-refractivity contribution in [3.8, 4) is 5.75 Å². The fraction of sp³-hybridized carbons (Fsp3) is 0.211. The molecule has 2 aromatic carbocycles. The summed E-state index contributed by atoms with van der Waals surface area (Å²) in [7, 11) is 0. The third-order valence-electron chi connectivity index (χ3n) is 3.87. The first kappa shape index (κ1) is 16.4. The van der Waals surface area contributed by atoms with Gasteiger partial charge in [-0.05, 0) is 55.8 Å². The fourth-order valence-corrected chi connectivity index (χ4v) is 2.76. The van der Waals surface area contributed by atoms with Gasteiger partial charge in [-0.25, -0.2) is 0 Å². The number of pyridine rings is 1. The monoisotopic (exact) mass is 342 g/mol. The molecule has 0 bridgehead atoms. The second kappa shape index (κ2) is 6.97. The maximum absolute atomic E-state index is 12.3. The van der Waals surface area contributed by atoms with E-state index in [1.807, 2.05) is 56.3 Å². The van der Waals surface area contributed by atoms with Crippen LogP contribution < -0.4 is 15.6 Å². The minimum Gasteiger partial charge on any atom is -0.494 e. The lowest BCUT2D eigenvalue weighted by Crippen LogP contribution is -2.16.